The first kappa shape index (κ1) is 10.1. The zero-order valence-corrected chi connectivity index (χ0v) is 9.87. The van der Waals surface area contributed by atoms with Crippen LogP contribution in [0.15, 0.2) is 30.3 Å². The van der Waals surface area contributed by atoms with Gasteiger partial charge in [-0.2, -0.15) is 0 Å². The summed E-state index contributed by atoms with van der Waals surface area (Å²) in [5, 5.41) is 0. The van der Waals surface area contributed by atoms with E-state index in [1.807, 2.05) is 44.2 Å². The fraction of sp³-hybridized carbons (Fsp3) is 0.133. The number of carbonyl (C=O) groups excluding carboxylic acids is 1. The highest BCUT2D eigenvalue weighted by Crippen LogP contribution is 2.40. The molecule has 0 radical (unpaired) electrons. The van der Waals surface area contributed by atoms with E-state index in [4.69, 9.17) is 5.73 Å². The minimum atomic E-state index is 0.0520. The van der Waals surface area contributed by atoms with Gasteiger partial charge in [-0.1, -0.05) is 23.8 Å². The van der Waals surface area contributed by atoms with Gasteiger partial charge in [0.05, 0.1) is 5.56 Å². The Morgan fingerprint density at radius 2 is 1.59 bits per heavy atom. The number of benzene rings is 2. The van der Waals surface area contributed by atoms with E-state index in [-0.39, 0.29) is 5.78 Å². The van der Waals surface area contributed by atoms with Crippen LogP contribution in [-0.4, -0.2) is 5.78 Å². The number of anilines is 1. The van der Waals surface area contributed by atoms with Gasteiger partial charge < -0.3 is 5.73 Å². The first-order valence-corrected chi connectivity index (χ1v) is 5.64. The fourth-order valence-corrected chi connectivity index (χ4v) is 2.50. The van der Waals surface area contributed by atoms with Crippen LogP contribution in [0, 0.1) is 13.8 Å². The first-order chi connectivity index (χ1) is 8.08. The Hall–Kier alpha value is -2.09. The number of nitrogen functional groups attached to an aromatic ring is 1. The van der Waals surface area contributed by atoms with Gasteiger partial charge in [0.25, 0.3) is 0 Å². The van der Waals surface area contributed by atoms with Crippen molar-refractivity contribution in [2.75, 3.05) is 5.73 Å². The van der Waals surface area contributed by atoms with E-state index in [0.29, 0.717) is 11.3 Å². The normalized spacial score (nSPS) is 12.5. The Kier molecular flexibility index (Phi) is 1.90. The minimum absolute atomic E-state index is 0.0520. The number of rotatable bonds is 0. The number of hydrogen-bond donors (Lipinski definition) is 1. The fourth-order valence-electron chi connectivity index (χ4n) is 2.50. The van der Waals surface area contributed by atoms with Crippen LogP contribution in [0.25, 0.3) is 11.1 Å². The molecule has 2 aromatic carbocycles. The Bertz CT molecular complexity index is 656. The number of ketones is 1. The van der Waals surface area contributed by atoms with E-state index in [2.05, 4.69) is 0 Å². The second-order valence-electron chi connectivity index (χ2n) is 4.65. The van der Waals surface area contributed by atoms with Crippen LogP contribution in [0.5, 0.6) is 0 Å². The number of nitrogens with two attached hydrogens (primary N) is 1. The molecule has 2 nitrogen and oxygen atoms in total. The topological polar surface area (TPSA) is 43.1 Å². The summed E-state index contributed by atoms with van der Waals surface area (Å²) < 4.78 is 0. The molecular formula is C15H13NO. The van der Waals surface area contributed by atoms with E-state index in [1.54, 1.807) is 0 Å². The van der Waals surface area contributed by atoms with Gasteiger partial charge in [0.15, 0.2) is 5.78 Å². The summed E-state index contributed by atoms with van der Waals surface area (Å²) in [6.07, 6.45) is 0. The molecule has 1 aliphatic carbocycles. The SMILES string of the molecule is Cc1ccc2c(c1)C(=O)c1c(N)cc(C)cc1-2. The van der Waals surface area contributed by atoms with Crippen LogP contribution < -0.4 is 5.73 Å². The molecule has 0 aromatic heterocycles. The molecule has 2 heteroatoms. The molecule has 0 bridgehead atoms. The average Bonchev–Trinajstić information content (AvgIpc) is 2.52. The van der Waals surface area contributed by atoms with Crippen molar-refractivity contribution in [2.24, 2.45) is 0 Å². The monoisotopic (exact) mass is 223 g/mol. The van der Waals surface area contributed by atoms with E-state index < -0.39 is 0 Å². The highest BCUT2D eigenvalue weighted by Gasteiger charge is 2.28. The van der Waals surface area contributed by atoms with Crippen molar-refractivity contribution in [2.45, 2.75) is 13.8 Å². The lowest BCUT2D eigenvalue weighted by Gasteiger charge is -2.04. The van der Waals surface area contributed by atoms with Gasteiger partial charge in [-0.25, -0.2) is 0 Å². The van der Waals surface area contributed by atoms with Crippen molar-refractivity contribution in [1.82, 2.24) is 0 Å². The summed E-state index contributed by atoms with van der Waals surface area (Å²) in [5.41, 5.74) is 12.1. The van der Waals surface area contributed by atoms with Gasteiger partial charge in [0.2, 0.25) is 0 Å². The van der Waals surface area contributed by atoms with E-state index >= 15 is 0 Å². The first-order valence-electron chi connectivity index (χ1n) is 5.64. The molecule has 0 saturated heterocycles. The quantitative estimate of drug-likeness (QED) is 0.595. The Morgan fingerprint density at radius 1 is 0.882 bits per heavy atom. The van der Waals surface area contributed by atoms with Crippen molar-refractivity contribution in [3.05, 3.63) is 52.6 Å². The molecule has 0 heterocycles. The number of fused-ring (bicyclic) bond motifs is 3. The average molecular weight is 223 g/mol. The Morgan fingerprint density at radius 3 is 2.35 bits per heavy atom. The van der Waals surface area contributed by atoms with Crippen LogP contribution in [0.2, 0.25) is 0 Å². The molecule has 0 fully saturated rings. The summed E-state index contributed by atoms with van der Waals surface area (Å²) in [6.45, 7) is 3.98. The van der Waals surface area contributed by atoms with E-state index in [1.165, 1.54) is 0 Å². The Balaban J connectivity index is 2.39. The summed E-state index contributed by atoms with van der Waals surface area (Å²) in [4.78, 5) is 12.3. The van der Waals surface area contributed by atoms with Crippen molar-refractivity contribution in [3.63, 3.8) is 0 Å². The Labute approximate surface area is 100 Å². The summed E-state index contributed by atoms with van der Waals surface area (Å²) in [7, 11) is 0. The molecule has 0 amide bonds. The van der Waals surface area contributed by atoms with E-state index in [0.717, 1.165) is 27.8 Å². The molecule has 3 rings (SSSR count). The summed E-state index contributed by atoms with van der Waals surface area (Å²) >= 11 is 0. The minimum Gasteiger partial charge on any atom is -0.398 e. The standard InChI is InChI=1S/C15H13NO/c1-8-3-4-10-11-6-9(2)7-13(16)14(11)15(17)12(10)5-8/h3-7H,16H2,1-2H3. The molecule has 0 atom stereocenters. The molecule has 0 aliphatic heterocycles. The maximum absolute atomic E-state index is 12.3. The third-order valence-corrected chi connectivity index (χ3v) is 3.25. The van der Waals surface area contributed by atoms with Gasteiger partial charge in [-0.15, -0.1) is 0 Å². The number of aryl methyl sites for hydroxylation is 2. The van der Waals surface area contributed by atoms with E-state index in [9.17, 15) is 4.79 Å². The number of carbonyl (C=O) groups is 1. The summed E-state index contributed by atoms with van der Waals surface area (Å²) in [6, 6.07) is 9.86. The second kappa shape index (κ2) is 3.20. The van der Waals surface area contributed by atoms with Crippen molar-refractivity contribution in [1.29, 1.82) is 0 Å². The van der Waals surface area contributed by atoms with Crippen LogP contribution in [-0.2, 0) is 0 Å². The van der Waals surface area contributed by atoms with Gasteiger partial charge in [0, 0.05) is 11.3 Å². The van der Waals surface area contributed by atoms with Crippen molar-refractivity contribution in [3.8, 4) is 11.1 Å². The van der Waals surface area contributed by atoms with Gasteiger partial charge >= 0.3 is 0 Å². The van der Waals surface area contributed by atoms with Crippen LogP contribution in [0.3, 0.4) is 0 Å². The van der Waals surface area contributed by atoms with Gasteiger partial charge in [-0.05, 0) is 42.7 Å². The predicted molar refractivity (Wildman–Crippen MR) is 69.2 cm³/mol. The predicted octanol–water partition coefficient (Wildman–Crippen LogP) is 3.10. The van der Waals surface area contributed by atoms with Crippen molar-refractivity contribution >= 4 is 11.5 Å². The largest absolute Gasteiger partial charge is 0.398 e. The molecule has 0 saturated carbocycles. The van der Waals surface area contributed by atoms with Crippen LogP contribution in [0.4, 0.5) is 5.69 Å². The lowest BCUT2D eigenvalue weighted by atomic mass is 10.0. The second-order valence-corrected chi connectivity index (χ2v) is 4.65. The maximum atomic E-state index is 12.3. The molecule has 0 unspecified atom stereocenters. The lowest BCUT2D eigenvalue weighted by molar-refractivity contribution is 0.104. The molecular weight excluding hydrogens is 210 g/mol. The maximum Gasteiger partial charge on any atom is 0.196 e. The summed E-state index contributed by atoms with van der Waals surface area (Å²) in [5.74, 6) is 0.0520. The van der Waals surface area contributed by atoms with Crippen LogP contribution >= 0.6 is 0 Å². The third-order valence-electron chi connectivity index (χ3n) is 3.25. The molecule has 0 spiro atoms. The smallest absolute Gasteiger partial charge is 0.196 e. The zero-order valence-electron chi connectivity index (χ0n) is 9.87. The van der Waals surface area contributed by atoms with Crippen LogP contribution in [0.1, 0.15) is 27.0 Å². The molecule has 17 heavy (non-hydrogen) atoms. The van der Waals surface area contributed by atoms with Crippen molar-refractivity contribution < 1.29 is 4.79 Å². The lowest BCUT2D eigenvalue weighted by Crippen LogP contribution is -2.01. The van der Waals surface area contributed by atoms with Gasteiger partial charge in [-0.3, -0.25) is 4.79 Å². The molecule has 2 aromatic rings. The zero-order chi connectivity index (χ0) is 12.2. The highest BCUT2D eigenvalue weighted by molar-refractivity contribution is 6.24. The third kappa shape index (κ3) is 1.30. The molecule has 2 N–H and O–H groups in total. The molecule has 84 valence electrons. The number of hydrogen-bond acceptors (Lipinski definition) is 2. The molecule has 1 aliphatic rings. The van der Waals surface area contributed by atoms with Gasteiger partial charge in [0.1, 0.15) is 0 Å². The highest BCUT2D eigenvalue weighted by atomic mass is 16.1.